The molecule has 1 unspecified atom stereocenters. The number of hydrogen-bond donors (Lipinski definition) is 1. The molecule has 0 amide bonds. The fraction of sp³-hybridized carbons (Fsp3) is 0.750. The van der Waals surface area contributed by atoms with Crippen molar-refractivity contribution in [1.29, 1.82) is 0 Å². The Balaban J connectivity index is 0.00000225. The van der Waals surface area contributed by atoms with Gasteiger partial charge >= 0.3 is 0 Å². The van der Waals surface area contributed by atoms with E-state index in [0.29, 0.717) is 12.0 Å². The summed E-state index contributed by atoms with van der Waals surface area (Å²) in [5, 5.41) is 6.91. The largest absolute Gasteiger partial charge is 0.309 e. The zero-order chi connectivity index (χ0) is 11.3. The molecule has 1 aromatic rings. The molecule has 1 N–H and O–H groups in total. The second kappa shape index (κ2) is 8.04. The summed E-state index contributed by atoms with van der Waals surface area (Å²) in [6, 6.07) is 0.596. The number of halogens is 1. The van der Waals surface area contributed by atoms with Crippen LogP contribution in [0.4, 0.5) is 0 Å². The summed E-state index contributed by atoms with van der Waals surface area (Å²) in [6.07, 6.45) is 2.48. The molecule has 4 heteroatoms. The number of nitrogens with one attached hydrogen (secondary N) is 1. The first-order valence-electron chi connectivity index (χ1n) is 5.81. The molecular formula is C12H23ClN2S. The van der Waals surface area contributed by atoms with Crippen LogP contribution in [0.5, 0.6) is 0 Å². The Kier molecular flexibility index (Phi) is 7.98. The Morgan fingerprint density at radius 2 is 2.06 bits per heavy atom. The molecule has 0 aliphatic rings. The number of hydrogen-bond acceptors (Lipinski definition) is 3. The predicted molar refractivity (Wildman–Crippen MR) is 74.7 cm³/mol. The highest BCUT2D eigenvalue weighted by atomic mass is 35.5. The molecule has 0 bridgehead atoms. The number of thiazole rings is 1. The Morgan fingerprint density at radius 1 is 1.38 bits per heavy atom. The van der Waals surface area contributed by atoms with Crippen LogP contribution >= 0.6 is 23.7 Å². The van der Waals surface area contributed by atoms with E-state index in [0.717, 1.165) is 6.54 Å². The molecule has 0 aromatic carbocycles. The van der Waals surface area contributed by atoms with Crippen molar-refractivity contribution in [2.75, 3.05) is 0 Å². The molecule has 1 heterocycles. The minimum atomic E-state index is 0. The average molecular weight is 263 g/mol. The fourth-order valence-corrected chi connectivity index (χ4v) is 2.32. The summed E-state index contributed by atoms with van der Waals surface area (Å²) >= 11 is 1.77. The number of nitrogens with zero attached hydrogens (tertiary/aromatic N) is 1. The lowest BCUT2D eigenvalue weighted by Gasteiger charge is -2.10. The minimum Gasteiger partial charge on any atom is -0.309 e. The van der Waals surface area contributed by atoms with Crippen molar-refractivity contribution >= 4 is 23.7 Å². The van der Waals surface area contributed by atoms with E-state index in [1.165, 1.54) is 23.5 Å². The quantitative estimate of drug-likeness (QED) is 0.839. The van der Waals surface area contributed by atoms with Gasteiger partial charge in [0.15, 0.2) is 0 Å². The lowest BCUT2D eigenvalue weighted by atomic mass is 10.2. The maximum Gasteiger partial charge on any atom is 0.0954 e. The molecule has 0 aliphatic carbocycles. The Morgan fingerprint density at radius 3 is 2.56 bits per heavy atom. The lowest BCUT2D eigenvalue weighted by Crippen LogP contribution is -2.25. The van der Waals surface area contributed by atoms with Crippen LogP contribution in [0.1, 0.15) is 57.2 Å². The summed E-state index contributed by atoms with van der Waals surface area (Å²) in [6.45, 7) is 9.74. The van der Waals surface area contributed by atoms with Crippen molar-refractivity contribution in [3.05, 3.63) is 16.1 Å². The maximum absolute atomic E-state index is 4.60. The molecule has 1 aromatic heterocycles. The first-order valence-corrected chi connectivity index (χ1v) is 6.69. The summed E-state index contributed by atoms with van der Waals surface area (Å²) in [7, 11) is 0. The van der Waals surface area contributed by atoms with Crippen molar-refractivity contribution in [2.45, 2.75) is 59.0 Å². The van der Waals surface area contributed by atoms with Crippen LogP contribution in [-0.2, 0) is 6.54 Å². The van der Waals surface area contributed by atoms with Gasteiger partial charge in [-0.2, -0.15) is 0 Å². The summed E-state index contributed by atoms with van der Waals surface area (Å²) < 4.78 is 0. The highest BCUT2D eigenvalue weighted by Gasteiger charge is 2.06. The third-order valence-corrected chi connectivity index (χ3v) is 3.61. The van der Waals surface area contributed by atoms with Gasteiger partial charge in [0.1, 0.15) is 0 Å². The second-order valence-corrected chi connectivity index (χ2v) is 5.29. The summed E-state index contributed by atoms with van der Waals surface area (Å²) in [5.74, 6) is 0.553. The van der Waals surface area contributed by atoms with Crippen molar-refractivity contribution in [3.63, 3.8) is 0 Å². The first-order chi connectivity index (χ1) is 7.13. The van der Waals surface area contributed by atoms with Gasteiger partial charge < -0.3 is 5.32 Å². The minimum absolute atomic E-state index is 0. The van der Waals surface area contributed by atoms with Crippen molar-refractivity contribution < 1.29 is 0 Å². The summed E-state index contributed by atoms with van der Waals surface area (Å²) in [4.78, 5) is 4.60. The van der Waals surface area contributed by atoms with E-state index in [2.05, 4.69) is 43.4 Å². The summed E-state index contributed by atoms with van der Waals surface area (Å²) in [5.41, 5.74) is 1.19. The third-order valence-electron chi connectivity index (χ3n) is 2.42. The topological polar surface area (TPSA) is 24.9 Å². The van der Waals surface area contributed by atoms with Gasteiger partial charge in [0.25, 0.3) is 0 Å². The van der Waals surface area contributed by atoms with Crippen LogP contribution in [-0.4, -0.2) is 11.0 Å². The van der Waals surface area contributed by atoms with E-state index in [-0.39, 0.29) is 12.4 Å². The average Bonchev–Trinajstić information content (AvgIpc) is 2.63. The van der Waals surface area contributed by atoms with Gasteiger partial charge in [-0.25, -0.2) is 4.98 Å². The van der Waals surface area contributed by atoms with Gasteiger partial charge in [0, 0.05) is 23.9 Å². The molecule has 2 nitrogen and oxygen atoms in total. The number of aromatic nitrogens is 1. The highest BCUT2D eigenvalue weighted by molar-refractivity contribution is 7.09. The van der Waals surface area contributed by atoms with Gasteiger partial charge in [0.05, 0.1) is 10.7 Å². The smallest absolute Gasteiger partial charge is 0.0954 e. The van der Waals surface area contributed by atoms with Crippen LogP contribution in [0.15, 0.2) is 5.38 Å². The van der Waals surface area contributed by atoms with E-state index < -0.39 is 0 Å². The monoisotopic (exact) mass is 262 g/mol. The normalized spacial score (nSPS) is 12.6. The molecule has 94 valence electrons. The van der Waals surface area contributed by atoms with Gasteiger partial charge in [-0.15, -0.1) is 23.7 Å². The first kappa shape index (κ1) is 15.9. The van der Waals surface area contributed by atoms with E-state index in [9.17, 15) is 0 Å². The highest BCUT2D eigenvalue weighted by Crippen LogP contribution is 2.19. The van der Waals surface area contributed by atoms with E-state index in [1.807, 2.05) is 0 Å². The van der Waals surface area contributed by atoms with Crippen LogP contribution in [0.2, 0.25) is 0 Å². The van der Waals surface area contributed by atoms with Crippen LogP contribution in [0.3, 0.4) is 0 Å². The molecular weight excluding hydrogens is 240 g/mol. The second-order valence-electron chi connectivity index (χ2n) is 4.40. The Bertz CT molecular complexity index is 286. The molecule has 16 heavy (non-hydrogen) atoms. The molecule has 0 saturated heterocycles. The van der Waals surface area contributed by atoms with Crippen LogP contribution in [0, 0.1) is 0 Å². The molecule has 0 spiro atoms. The molecule has 0 aliphatic heterocycles. The fourth-order valence-electron chi connectivity index (χ4n) is 1.48. The molecule has 1 rings (SSSR count). The molecule has 0 fully saturated rings. The van der Waals surface area contributed by atoms with Gasteiger partial charge in [-0.3, -0.25) is 0 Å². The predicted octanol–water partition coefficient (Wildman–Crippen LogP) is 3.97. The van der Waals surface area contributed by atoms with Gasteiger partial charge in [0.2, 0.25) is 0 Å². The number of rotatable bonds is 6. The van der Waals surface area contributed by atoms with Crippen molar-refractivity contribution in [1.82, 2.24) is 10.3 Å². The molecule has 0 saturated carbocycles. The van der Waals surface area contributed by atoms with Crippen LogP contribution in [0.25, 0.3) is 0 Å². The maximum atomic E-state index is 4.60. The Hall–Kier alpha value is -0.120. The Labute approximate surface area is 109 Å². The third kappa shape index (κ3) is 5.28. The zero-order valence-corrected chi connectivity index (χ0v) is 12.3. The van der Waals surface area contributed by atoms with Crippen molar-refractivity contribution in [2.24, 2.45) is 0 Å². The van der Waals surface area contributed by atoms with Crippen molar-refractivity contribution in [3.8, 4) is 0 Å². The van der Waals surface area contributed by atoms with Crippen LogP contribution < -0.4 is 5.32 Å². The molecule has 1 atom stereocenters. The molecule has 0 radical (unpaired) electrons. The lowest BCUT2D eigenvalue weighted by molar-refractivity contribution is 0.504. The zero-order valence-electron chi connectivity index (χ0n) is 10.6. The van der Waals surface area contributed by atoms with E-state index >= 15 is 0 Å². The van der Waals surface area contributed by atoms with Gasteiger partial charge in [-0.05, 0) is 13.3 Å². The van der Waals surface area contributed by atoms with E-state index in [1.54, 1.807) is 11.3 Å². The van der Waals surface area contributed by atoms with Gasteiger partial charge in [-0.1, -0.05) is 27.2 Å². The SMILES string of the molecule is CCCC(C)NCc1csc(C(C)C)n1.Cl. The van der Waals surface area contributed by atoms with E-state index in [4.69, 9.17) is 0 Å². The standard InChI is InChI=1S/C12H22N2S.ClH/c1-5-6-10(4)13-7-11-8-15-12(14-11)9(2)3;/h8-10,13H,5-7H2,1-4H3;1H.